The number of hydrogen-bond donors (Lipinski definition) is 0. The summed E-state index contributed by atoms with van der Waals surface area (Å²) >= 11 is 0. The predicted molar refractivity (Wildman–Crippen MR) is 244 cm³/mol. The number of hydrogen-bond acceptors (Lipinski definition) is 3. The Morgan fingerprint density at radius 1 is 0.259 bits per heavy atom. The van der Waals surface area contributed by atoms with Crippen LogP contribution in [0.3, 0.4) is 0 Å². The fourth-order valence-corrected chi connectivity index (χ4v) is 9.13. The normalized spacial score (nSPS) is 11.8. The lowest BCUT2D eigenvalue weighted by Gasteiger charge is -2.18. The molecule has 0 fully saturated rings. The van der Waals surface area contributed by atoms with Gasteiger partial charge in [-0.25, -0.2) is 15.0 Å². The first kappa shape index (κ1) is 32.5. The molecule has 0 aliphatic rings. The standard InChI is InChI=1S/C55H33N3/c1-2-13-35(14-3-1)47-32-29-38-26-27-39-30-33-49(58-55(39)54(38)56-47)52-43-18-8-6-16-41(43)50(42-17-7-9-19-44(42)52)36-22-24-37(25-23-36)53-46-31-28-34-12-4-5-15-40(34)51(46)45-20-10-11-21-48(45)57-53/h1-33H. The summed E-state index contributed by atoms with van der Waals surface area (Å²) in [5.74, 6) is 0. The van der Waals surface area contributed by atoms with Gasteiger partial charge in [-0.05, 0) is 61.6 Å². The van der Waals surface area contributed by atoms with Gasteiger partial charge in [-0.2, -0.15) is 0 Å². The van der Waals surface area contributed by atoms with Crippen LogP contribution in [0.15, 0.2) is 200 Å². The lowest BCUT2D eigenvalue weighted by Crippen LogP contribution is -1.94. The average molecular weight is 736 g/mol. The van der Waals surface area contributed by atoms with Crippen molar-refractivity contribution in [3.63, 3.8) is 0 Å². The first-order valence-corrected chi connectivity index (χ1v) is 19.8. The largest absolute Gasteiger partial charge is 0.247 e. The van der Waals surface area contributed by atoms with Gasteiger partial charge >= 0.3 is 0 Å². The van der Waals surface area contributed by atoms with E-state index >= 15 is 0 Å². The van der Waals surface area contributed by atoms with Crippen molar-refractivity contribution in [2.24, 2.45) is 0 Å². The maximum atomic E-state index is 5.45. The Kier molecular flexibility index (Phi) is 7.23. The molecule has 0 atom stereocenters. The van der Waals surface area contributed by atoms with E-state index in [0.717, 1.165) is 72.0 Å². The molecule has 3 nitrogen and oxygen atoms in total. The van der Waals surface area contributed by atoms with Gasteiger partial charge in [0.1, 0.15) is 0 Å². The van der Waals surface area contributed by atoms with Crippen molar-refractivity contribution in [1.82, 2.24) is 15.0 Å². The molecule has 0 aliphatic heterocycles. The Balaban J connectivity index is 1.04. The highest BCUT2D eigenvalue weighted by molar-refractivity contribution is 6.23. The Morgan fingerprint density at radius 3 is 1.45 bits per heavy atom. The minimum absolute atomic E-state index is 0.906. The monoisotopic (exact) mass is 735 g/mol. The Labute approximate surface area is 334 Å². The van der Waals surface area contributed by atoms with Crippen LogP contribution in [0.25, 0.3) is 121 Å². The number of para-hydroxylation sites is 1. The Morgan fingerprint density at radius 2 is 0.759 bits per heavy atom. The van der Waals surface area contributed by atoms with Crippen molar-refractivity contribution >= 4 is 75.8 Å². The highest BCUT2D eigenvalue weighted by Gasteiger charge is 2.19. The summed E-state index contributed by atoms with van der Waals surface area (Å²) < 4.78 is 0. The minimum atomic E-state index is 0.906. The van der Waals surface area contributed by atoms with Crippen molar-refractivity contribution < 1.29 is 0 Å². The van der Waals surface area contributed by atoms with Crippen molar-refractivity contribution in [3.05, 3.63) is 200 Å². The van der Waals surface area contributed by atoms with Crippen molar-refractivity contribution in [2.45, 2.75) is 0 Å². The van der Waals surface area contributed by atoms with Crippen LogP contribution < -0.4 is 0 Å². The molecule has 12 aromatic rings. The van der Waals surface area contributed by atoms with E-state index in [1.54, 1.807) is 0 Å². The number of nitrogens with zero attached hydrogens (tertiary/aromatic N) is 3. The predicted octanol–water partition coefficient (Wildman–Crippen LogP) is 14.6. The molecule has 0 bridgehead atoms. The molecule has 0 aliphatic carbocycles. The Bertz CT molecular complexity index is 3540. The van der Waals surface area contributed by atoms with Gasteiger partial charge in [0, 0.05) is 43.6 Å². The molecule has 3 heteroatoms. The van der Waals surface area contributed by atoms with Gasteiger partial charge in [-0.1, -0.05) is 182 Å². The third-order valence-corrected chi connectivity index (χ3v) is 11.8. The molecule has 0 saturated heterocycles. The molecular formula is C55H33N3. The summed E-state index contributed by atoms with van der Waals surface area (Å²) in [5, 5.41) is 12.9. The van der Waals surface area contributed by atoms with E-state index in [-0.39, 0.29) is 0 Å². The van der Waals surface area contributed by atoms with Crippen molar-refractivity contribution in [2.75, 3.05) is 0 Å². The third-order valence-electron chi connectivity index (χ3n) is 11.8. The second-order valence-corrected chi connectivity index (χ2v) is 15.1. The smallest absolute Gasteiger partial charge is 0.0972 e. The van der Waals surface area contributed by atoms with Gasteiger partial charge in [0.05, 0.1) is 33.6 Å². The van der Waals surface area contributed by atoms with Crippen LogP contribution in [0.4, 0.5) is 0 Å². The van der Waals surface area contributed by atoms with Gasteiger partial charge < -0.3 is 0 Å². The lowest BCUT2D eigenvalue weighted by atomic mass is 9.86. The first-order valence-electron chi connectivity index (χ1n) is 19.8. The maximum Gasteiger partial charge on any atom is 0.0972 e. The van der Waals surface area contributed by atoms with Crippen LogP contribution in [0, 0.1) is 0 Å². The van der Waals surface area contributed by atoms with E-state index in [1.807, 2.05) is 6.07 Å². The SMILES string of the molecule is c1ccc(-c2ccc3ccc4ccc(-c5c6ccccc6c(-c6ccc(-c7nc8ccccc8c8c7ccc7ccccc78)cc6)c6ccccc56)nc4c3n2)cc1. The first-order chi connectivity index (χ1) is 28.8. The molecule has 12 rings (SSSR count). The van der Waals surface area contributed by atoms with Crippen LogP contribution in [0.1, 0.15) is 0 Å². The second kappa shape index (κ2) is 12.9. The molecule has 268 valence electrons. The van der Waals surface area contributed by atoms with Crippen LogP contribution in [0.2, 0.25) is 0 Å². The maximum absolute atomic E-state index is 5.45. The number of benzene rings is 9. The number of aromatic nitrogens is 3. The van der Waals surface area contributed by atoms with E-state index < -0.39 is 0 Å². The summed E-state index contributed by atoms with van der Waals surface area (Å²) in [6, 6.07) is 71.5. The molecule has 3 heterocycles. The second-order valence-electron chi connectivity index (χ2n) is 15.1. The fraction of sp³-hybridized carbons (Fsp3) is 0. The zero-order chi connectivity index (χ0) is 38.2. The van der Waals surface area contributed by atoms with Gasteiger partial charge in [-0.15, -0.1) is 0 Å². The van der Waals surface area contributed by atoms with Gasteiger partial charge in [0.25, 0.3) is 0 Å². The molecular weight excluding hydrogens is 703 g/mol. The quantitative estimate of drug-likeness (QED) is 0.133. The molecule has 9 aromatic carbocycles. The van der Waals surface area contributed by atoms with Crippen LogP contribution in [-0.2, 0) is 0 Å². The van der Waals surface area contributed by atoms with E-state index in [0.29, 0.717) is 0 Å². The van der Waals surface area contributed by atoms with Crippen LogP contribution in [0.5, 0.6) is 0 Å². The zero-order valence-electron chi connectivity index (χ0n) is 31.4. The molecule has 0 unspecified atom stereocenters. The highest BCUT2D eigenvalue weighted by Crippen LogP contribution is 2.45. The molecule has 0 radical (unpaired) electrons. The molecule has 3 aromatic heterocycles. The molecule has 0 amide bonds. The van der Waals surface area contributed by atoms with E-state index in [9.17, 15) is 0 Å². The summed E-state index contributed by atoms with van der Waals surface area (Å²) in [4.78, 5) is 15.9. The molecule has 58 heavy (non-hydrogen) atoms. The number of rotatable bonds is 4. The summed E-state index contributed by atoms with van der Waals surface area (Å²) in [7, 11) is 0. The van der Waals surface area contributed by atoms with E-state index in [4.69, 9.17) is 15.0 Å². The van der Waals surface area contributed by atoms with Gasteiger partial charge in [0.15, 0.2) is 0 Å². The topological polar surface area (TPSA) is 38.7 Å². The fourth-order valence-electron chi connectivity index (χ4n) is 9.13. The molecule has 0 spiro atoms. The minimum Gasteiger partial charge on any atom is -0.247 e. The number of pyridine rings is 3. The van der Waals surface area contributed by atoms with Crippen LogP contribution >= 0.6 is 0 Å². The summed E-state index contributed by atoms with van der Waals surface area (Å²) in [6.45, 7) is 0. The van der Waals surface area contributed by atoms with Gasteiger partial charge in [0.2, 0.25) is 0 Å². The van der Waals surface area contributed by atoms with Gasteiger partial charge in [-0.3, -0.25) is 0 Å². The molecule has 0 saturated carbocycles. The Hall–Kier alpha value is -7.75. The summed E-state index contributed by atoms with van der Waals surface area (Å²) in [5.41, 5.74) is 11.4. The summed E-state index contributed by atoms with van der Waals surface area (Å²) in [6.07, 6.45) is 0. The van der Waals surface area contributed by atoms with E-state index in [1.165, 1.54) is 48.7 Å². The lowest BCUT2D eigenvalue weighted by molar-refractivity contribution is 1.37. The third kappa shape index (κ3) is 5.04. The van der Waals surface area contributed by atoms with E-state index in [2.05, 4.69) is 194 Å². The number of fused-ring (bicyclic) bond motifs is 10. The average Bonchev–Trinajstić information content (AvgIpc) is 3.30. The van der Waals surface area contributed by atoms with Crippen LogP contribution in [-0.4, -0.2) is 15.0 Å². The van der Waals surface area contributed by atoms with Crippen molar-refractivity contribution in [1.29, 1.82) is 0 Å². The van der Waals surface area contributed by atoms with Crippen molar-refractivity contribution in [3.8, 4) is 44.9 Å². The highest BCUT2D eigenvalue weighted by atomic mass is 14.8. The zero-order valence-corrected chi connectivity index (χ0v) is 31.4. The molecule has 0 N–H and O–H groups in total.